The Morgan fingerprint density at radius 1 is 1.20 bits per heavy atom. The molecule has 0 atom stereocenters. The van der Waals surface area contributed by atoms with Crippen LogP contribution >= 0.6 is 0 Å². The van der Waals surface area contributed by atoms with Crippen molar-refractivity contribution in [1.82, 2.24) is 0 Å². The molecule has 1 amide bonds. The maximum Gasteiger partial charge on any atom is 0.282 e. The van der Waals surface area contributed by atoms with Gasteiger partial charge in [0, 0.05) is 18.3 Å². The van der Waals surface area contributed by atoms with Crippen LogP contribution in [0.5, 0.6) is 0 Å². The molecule has 102 valence electrons. The minimum absolute atomic E-state index is 0.0238. The van der Waals surface area contributed by atoms with Crippen LogP contribution in [-0.4, -0.2) is 10.8 Å². The van der Waals surface area contributed by atoms with Gasteiger partial charge in [0.25, 0.3) is 11.6 Å². The minimum Gasteiger partial charge on any atom is -0.326 e. The van der Waals surface area contributed by atoms with Gasteiger partial charge in [-0.05, 0) is 23.8 Å². The maximum absolute atomic E-state index is 12.1. The zero-order valence-electron chi connectivity index (χ0n) is 10.6. The van der Waals surface area contributed by atoms with Gasteiger partial charge in [-0.15, -0.1) is 0 Å². The Morgan fingerprint density at radius 3 is 2.65 bits per heavy atom. The summed E-state index contributed by atoms with van der Waals surface area (Å²) in [6.07, 6.45) is 0. The highest BCUT2D eigenvalue weighted by Crippen LogP contribution is 2.19. The lowest BCUT2D eigenvalue weighted by molar-refractivity contribution is -0.385. The summed E-state index contributed by atoms with van der Waals surface area (Å²) in [6, 6.07) is 12.8. The first kappa shape index (κ1) is 13.7. The van der Waals surface area contributed by atoms with E-state index in [4.69, 9.17) is 5.73 Å². The summed E-state index contributed by atoms with van der Waals surface area (Å²) in [5.41, 5.74) is 6.74. The number of benzene rings is 2. The Kier molecular flexibility index (Phi) is 4.07. The normalized spacial score (nSPS) is 10.1. The summed E-state index contributed by atoms with van der Waals surface area (Å²) < 4.78 is 0. The summed E-state index contributed by atoms with van der Waals surface area (Å²) in [6.45, 7) is 0.356. The molecule has 0 aliphatic heterocycles. The van der Waals surface area contributed by atoms with Crippen molar-refractivity contribution in [2.75, 3.05) is 5.32 Å². The number of carbonyl (C=O) groups is 1. The third kappa shape index (κ3) is 2.99. The van der Waals surface area contributed by atoms with E-state index in [1.54, 1.807) is 24.3 Å². The fourth-order valence-electron chi connectivity index (χ4n) is 1.80. The van der Waals surface area contributed by atoms with Crippen LogP contribution in [0.4, 0.5) is 11.4 Å². The molecular weight excluding hydrogens is 258 g/mol. The van der Waals surface area contributed by atoms with Crippen molar-refractivity contribution >= 4 is 17.3 Å². The predicted octanol–water partition coefficient (Wildman–Crippen LogP) is 2.31. The number of nitrogens with zero attached hydrogens (tertiary/aromatic N) is 1. The highest BCUT2D eigenvalue weighted by molar-refractivity contribution is 6.07. The molecule has 0 aliphatic rings. The third-order valence-electron chi connectivity index (χ3n) is 2.77. The number of hydrogen-bond donors (Lipinski definition) is 2. The van der Waals surface area contributed by atoms with E-state index in [1.807, 2.05) is 6.07 Å². The average Bonchev–Trinajstić information content (AvgIpc) is 2.47. The monoisotopic (exact) mass is 271 g/mol. The van der Waals surface area contributed by atoms with Gasteiger partial charge in [0.2, 0.25) is 0 Å². The summed E-state index contributed by atoms with van der Waals surface area (Å²) in [5.74, 6) is -0.522. The SMILES string of the molecule is NCc1cccc(NC(=O)c2ccccc2[N+](=O)[O-])c1. The standard InChI is InChI=1S/C14H13N3O3/c15-9-10-4-3-5-11(8-10)16-14(18)12-6-1-2-7-13(12)17(19)20/h1-8H,9,15H2,(H,16,18). The van der Waals surface area contributed by atoms with Gasteiger partial charge < -0.3 is 11.1 Å². The first-order valence-corrected chi connectivity index (χ1v) is 5.95. The summed E-state index contributed by atoms with van der Waals surface area (Å²) in [5, 5.41) is 13.5. The van der Waals surface area contributed by atoms with Gasteiger partial charge in [-0.3, -0.25) is 14.9 Å². The molecule has 0 heterocycles. The van der Waals surface area contributed by atoms with Crippen molar-refractivity contribution < 1.29 is 9.72 Å². The molecule has 0 saturated heterocycles. The van der Waals surface area contributed by atoms with E-state index in [-0.39, 0.29) is 11.3 Å². The molecule has 0 saturated carbocycles. The lowest BCUT2D eigenvalue weighted by atomic mass is 10.1. The average molecular weight is 271 g/mol. The molecule has 3 N–H and O–H groups in total. The van der Waals surface area contributed by atoms with E-state index in [0.717, 1.165) is 5.56 Å². The molecule has 6 heteroatoms. The zero-order valence-corrected chi connectivity index (χ0v) is 10.6. The fourth-order valence-corrected chi connectivity index (χ4v) is 1.80. The Morgan fingerprint density at radius 2 is 1.95 bits per heavy atom. The lowest BCUT2D eigenvalue weighted by Crippen LogP contribution is -2.14. The highest BCUT2D eigenvalue weighted by atomic mass is 16.6. The van der Waals surface area contributed by atoms with Gasteiger partial charge in [0.1, 0.15) is 5.56 Å². The van der Waals surface area contributed by atoms with Crippen molar-refractivity contribution in [3.8, 4) is 0 Å². The molecule has 2 rings (SSSR count). The van der Waals surface area contributed by atoms with Crippen molar-refractivity contribution in [3.05, 3.63) is 69.8 Å². The van der Waals surface area contributed by atoms with Crippen molar-refractivity contribution in [3.63, 3.8) is 0 Å². The van der Waals surface area contributed by atoms with Gasteiger partial charge in [-0.25, -0.2) is 0 Å². The van der Waals surface area contributed by atoms with E-state index in [1.165, 1.54) is 18.2 Å². The van der Waals surface area contributed by atoms with E-state index < -0.39 is 10.8 Å². The largest absolute Gasteiger partial charge is 0.326 e. The van der Waals surface area contributed by atoms with Crippen LogP contribution < -0.4 is 11.1 Å². The summed E-state index contributed by atoms with van der Waals surface area (Å²) in [4.78, 5) is 22.4. The first-order valence-electron chi connectivity index (χ1n) is 5.95. The first-order chi connectivity index (χ1) is 9.61. The van der Waals surface area contributed by atoms with Crippen LogP contribution in [0.1, 0.15) is 15.9 Å². The van der Waals surface area contributed by atoms with Crippen LogP contribution in [0.3, 0.4) is 0 Å². The summed E-state index contributed by atoms with van der Waals surface area (Å²) >= 11 is 0. The molecule has 2 aromatic carbocycles. The van der Waals surface area contributed by atoms with Gasteiger partial charge in [-0.1, -0.05) is 24.3 Å². The molecule has 2 aromatic rings. The van der Waals surface area contributed by atoms with Crippen LogP contribution in [0, 0.1) is 10.1 Å². The van der Waals surface area contributed by atoms with E-state index in [0.29, 0.717) is 12.2 Å². The second-order valence-electron chi connectivity index (χ2n) is 4.13. The molecule has 0 aliphatic carbocycles. The number of hydrogen-bond acceptors (Lipinski definition) is 4. The van der Waals surface area contributed by atoms with Crippen LogP contribution in [0.25, 0.3) is 0 Å². The van der Waals surface area contributed by atoms with Gasteiger partial charge >= 0.3 is 0 Å². The molecule has 6 nitrogen and oxygen atoms in total. The minimum atomic E-state index is -0.578. The Bertz CT molecular complexity index is 656. The van der Waals surface area contributed by atoms with Gasteiger partial charge in [-0.2, -0.15) is 0 Å². The Balaban J connectivity index is 2.26. The third-order valence-corrected chi connectivity index (χ3v) is 2.77. The molecule has 0 aromatic heterocycles. The number of para-hydroxylation sites is 1. The second kappa shape index (κ2) is 5.94. The molecule has 0 radical (unpaired) electrons. The fraction of sp³-hybridized carbons (Fsp3) is 0.0714. The number of amides is 1. The summed E-state index contributed by atoms with van der Waals surface area (Å²) in [7, 11) is 0. The molecular formula is C14H13N3O3. The lowest BCUT2D eigenvalue weighted by Gasteiger charge is -2.07. The second-order valence-corrected chi connectivity index (χ2v) is 4.13. The van der Waals surface area contributed by atoms with Gasteiger partial charge in [0.05, 0.1) is 4.92 Å². The zero-order chi connectivity index (χ0) is 14.5. The number of nitro benzene ring substituents is 1. The molecule has 0 bridgehead atoms. The van der Waals surface area contributed by atoms with Crippen molar-refractivity contribution in [2.45, 2.75) is 6.54 Å². The number of nitrogens with one attached hydrogen (secondary N) is 1. The molecule has 0 fully saturated rings. The molecule has 20 heavy (non-hydrogen) atoms. The van der Waals surface area contributed by atoms with Crippen molar-refractivity contribution in [2.24, 2.45) is 5.73 Å². The Labute approximate surface area is 115 Å². The predicted molar refractivity (Wildman–Crippen MR) is 75.4 cm³/mol. The number of nitro groups is 1. The van der Waals surface area contributed by atoms with Crippen LogP contribution in [0.15, 0.2) is 48.5 Å². The van der Waals surface area contributed by atoms with Gasteiger partial charge in [0.15, 0.2) is 0 Å². The topological polar surface area (TPSA) is 98.3 Å². The molecule has 0 spiro atoms. The van der Waals surface area contributed by atoms with Crippen LogP contribution in [0.2, 0.25) is 0 Å². The Hall–Kier alpha value is -2.73. The maximum atomic E-state index is 12.1. The number of carbonyl (C=O) groups excluding carboxylic acids is 1. The number of nitrogens with two attached hydrogens (primary N) is 1. The van der Waals surface area contributed by atoms with E-state index in [9.17, 15) is 14.9 Å². The smallest absolute Gasteiger partial charge is 0.282 e. The van der Waals surface area contributed by atoms with Crippen LogP contribution in [-0.2, 0) is 6.54 Å². The number of anilines is 1. The van der Waals surface area contributed by atoms with E-state index in [2.05, 4.69) is 5.32 Å². The number of rotatable bonds is 4. The highest BCUT2D eigenvalue weighted by Gasteiger charge is 2.19. The van der Waals surface area contributed by atoms with E-state index >= 15 is 0 Å². The quantitative estimate of drug-likeness (QED) is 0.658. The van der Waals surface area contributed by atoms with Crippen molar-refractivity contribution in [1.29, 1.82) is 0 Å². The molecule has 0 unspecified atom stereocenters.